The lowest BCUT2D eigenvalue weighted by Crippen LogP contribution is -2.22. The topological polar surface area (TPSA) is 84.5 Å². The van der Waals surface area contributed by atoms with Gasteiger partial charge in [0.25, 0.3) is 11.8 Å². The van der Waals surface area contributed by atoms with Gasteiger partial charge in [0, 0.05) is 29.7 Å². The maximum absolute atomic E-state index is 12.1. The standard InChI is InChI=1S/C19H19ClN2O4/c1-3-16(23)15-10-13(20)7-8-17(15)26-11-18(24)22-14-6-4-5-12(9-14)19(25)21-2/h4-10H,3,11H2,1-2H3,(H,21,25)(H,22,24). The Morgan fingerprint density at radius 3 is 2.58 bits per heavy atom. The summed E-state index contributed by atoms with van der Waals surface area (Å²) >= 11 is 5.92. The quantitative estimate of drug-likeness (QED) is 0.728. The van der Waals surface area contributed by atoms with E-state index in [0.717, 1.165) is 0 Å². The number of halogens is 1. The van der Waals surface area contributed by atoms with E-state index in [2.05, 4.69) is 10.6 Å². The molecule has 6 nitrogen and oxygen atoms in total. The molecule has 0 aliphatic heterocycles. The summed E-state index contributed by atoms with van der Waals surface area (Å²) in [7, 11) is 1.53. The van der Waals surface area contributed by atoms with Crippen LogP contribution in [-0.2, 0) is 4.79 Å². The zero-order valence-corrected chi connectivity index (χ0v) is 15.2. The van der Waals surface area contributed by atoms with Crippen LogP contribution in [0.3, 0.4) is 0 Å². The van der Waals surface area contributed by atoms with Crippen LogP contribution in [0.15, 0.2) is 42.5 Å². The Balaban J connectivity index is 2.04. The van der Waals surface area contributed by atoms with E-state index in [9.17, 15) is 14.4 Å². The number of anilines is 1. The number of hydrogen-bond donors (Lipinski definition) is 2. The summed E-state index contributed by atoms with van der Waals surface area (Å²) in [5.74, 6) is -0.484. The molecule has 136 valence electrons. The fraction of sp³-hybridized carbons (Fsp3) is 0.211. The Morgan fingerprint density at radius 1 is 1.12 bits per heavy atom. The monoisotopic (exact) mass is 374 g/mol. The minimum atomic E-state index is -0.413. The number of carbonyl (C=O) groups excluding carboxylic acids is 3. The van der Waals surface area contributed by atoms with Crippen molar-refractivity contribution in [3.05, 3.63) is 58.6 Å². The van der Waals surface area contributed by atoms with E-state index in [-0.39, 0.29) is 18.3 Å². The molecule has 26 heavy (non-hydrogen) atoms. The van der Waals surface area contributed by atoms with E-state index in [1.807, 2.05) is 0 Å². The Bertz CT molecular complexity index is 836. The van der Waals surface area contributed by atoms with Crippen LogP contribution >= 0.6 is 11.6 Å². The van der Waals surface area contributed by atoms with E-state index in [0.29, 0.717) is 34.0 Å². The average molecular weight is 375 g/mol. The molecule has 0 bridgehead atoms. The number of rotatable bonds is 7. The van der Waals surface area contributed by atoms with Crippen molar-refractivity contribution in [3.8, 4) is 5.75 Å². The molecule has 7 heteroatoms. The van der Waals surface area contributed by atoms with Crippen molar-refractivity contribution in [2.75, 3.05) is 19.0 Å². The molecule has 2 aromatic carbocycles. The fourth-order valence-corrected chi connectivity index (χ4v) is 2.43. The molecule has 0 aliphatic rings. The summed E-state index contributed by atoms with van der Waals surface area (Å²) in [5.41, 5.74) is 1.25. The SMILES string of the molecule is CCC(=O)c1cc(Cl)ccc1OCC(=O)Nc1cccc(C(=O)NC)c1. The van der Waals surface area contributed by atoms with E-state index >= 15 is 0 Å². The largest absolute Gasteiger partial charge is 0.483 e. The highest BCUT2D eigenvalue weighted by atomic mass is 35.5. The van der Waals surface area contributed by atoms with E-state index < -0.39 is 5.91 Å². The van der Waals surface area contributed by atoms with Crippen LogP contribution in [0.2, 0.25) is 5.02 Å². The summed E-state index contributed by atoms with van der Waals surface area (Å²) in [6.07, 6.45) is 0.301. The molecule has 2 N–H and O–H groups in total. The predicted molar refractivity (Wildman–Crippen MR) is 100 cm³/mol. The van der Waals surface area contributed by atoms with Gasteiger partial charge in [-0.2, -0.15) is 0 Å². The molecule has 0 spiro atoms. The van der Waals surface area contributed by atoms with Gasteiger partial charge in [-0.25, -0.2) is 0 Å². The molecule has 2 aromatic rings. The van der Waals surface area contributed by atoms with Crippen LogP contribution in [0.4, 0.5) is 5.69 Å². The molecule has 2 rings (SSSR count). The van der Waals surface area contributed by atoms with Crippen molar-refractivity contribution in [1.82, 2.24) is 5.32 Å². The molecule has 0 heterocycles. The predicted octanol–water partition coefficient (Wildman–Crippen LogP) is 3.31. The normalized spacial score (nSPS) is 10.1. The lowest BCUT2D eigenvalue weighted by molar-refractivity contribution is -0.118. The molecule has 0 saturated carbocycles. The molecule has 0 fully saturated rings. The van der Waals surface area contributed by atoms with Gasteiger partial charge < -0.3 is 15.4 Å². The van der Waals surface area contributed by atoms with Gasteiger partial charge in [0.15, 0.2) is 12.4 Å². The second-order valence-corrected chi connectivity index (χ2v) is 5.85. The molecule has 0 aromatic heterocycles. The van der Waals surface area contributed by atoms with Crippen molar-refractivity contribution in [2.45, 2.75) is 13.3 Å². The minimum Gasteiger partial charge on any atom is -0.483 e. The van der Waals surface area contributed by atoms with Crippen molar-refractivity contribution < 1.29 is 19.1 Å². The van der Waals surface area contributed by atoms with Crippen LogP contribution in [-0.4, -0.2) is 31.3 Å². The second kappa shape index (κ2) is 9.01. The Labute approximate surface area is 156 Å². The fourth-order valence-electron chi connectivity index (χ4n) is 2.26. The third-order valence-electron chi connectivity index (χ3n) is 3.56. The lowest BCUT2D eigenvalue weighted by atomic mass is 10.1. The smallest absolute Gasteiger partial charge is 0.262 e. The van der Waals surface area contributed by atoms with Crippen molar-refractivity contribution in [2.24, 2.45) is 0 Å². The number of benzene rings is 2. The van der Waals surface area contributed by atoms with Crippen LogP contribution in [0, 0.1) is 0 Å². The zero-order valence-electron chi connectivity index (χ0n) is 14.5. The van der Waals surface area contributed by atoms with E-state index in [1.165, 1.54) is 13.1 Å². The number of hydrogen-bond acceptors (Lipinski definition) is 4. The zero-order chi connectivity index (χ0) is 19.1. The van der Waals surface area contributed by atoms with E-state index in [1.54, 1.807) is 43.3 Å². The first-order valence-corrected chi connectivity index (χ1v) is 8.40. The van der Waals surface area contributed by atoms with Gasteiger partial charge in [0.2, 0.25) is 0 Å². The van der Waals surface area contributed by atoms with E-state index in [4.69, 9.17) is 16.3 Å². The Morgan fingerprint density at radius 2 is 1.88 bits per heavy atom. The minimum absolute atomic E-state index is 0.124. The van der Waals surface area contributed by atoms with Gasteiger partial charge in [-0.1, -0.05) is 24.6 Å². The van der Waals surface area contributed by atoms with Gasteiger partial charge in [-0.15, -0.1) is 0 Å². The van der Waals surface area contributed by atoms with Gasteiger partial charge in [-0.3, -0.25) is 14.4 Å². The summed E-state index contributed by atoms with van der Waals surface area (Å²) in [6.45, 7) is 1.45. The maximum Gasteiger partial charge on any atom is 0.262 e. The highest BCUT2D eigenvalue weighted by Gasteiger charge is 2.13. The molecule has 0 radical (unpaired) electrons. The average Bonchev–Trinajstić information content (AvgIpc) is 2.65. The third kappa shape index (κ3) is 5.07. The summed E-state index contributed by atoms with van der Waals surface area (Å²) in [5, 5.41) is 5.59. The molecular formula is C19H19ClN2O4. The number of amides is 2. The van der Waals surface area contributed by atoms with Crippen LogP contribution in [0.1, 0.15) is 34.1 Å². The number of ketones is 1. The van der Waals surface area contributed by atoms with Crippen molar-refractivity contribution >= 4 is 34.9 Å². The molecular weight excluding hydrogens is 356 g/mol. The van der Waals surface area contributed by atoms with Gasteiger partial charge in [-0.05, 0) is 36.4 Å². The number of ether oxygens (including phenoxy) is 1. The first kappa shape index (κ1) is 19.5. The molecule has 0 saturated heterocycles. The molecule has 0 aliphatic carbocycles. The summed E-state index contributed by atoms with van der Waals surface area (Å²) in [6, 6.07) is 11.2. The highest BCUT2D eigenvalue weighted by molar-refractivity contribution is 6.31. The first-order chi connectivity index (χ1) is 12.4. The van der Waals surface area contributed by atoms with Crippen molar-refractivity contribution in [3.63, 3.8) is 0 Å². The van der Waals surface area contributed by atoms with Gasteiger partial charge >= 0.3 is 0 Å². The van der Waals surface area contributed by atoms with Gasteiger partial charge in [0.05, 0.1) is 5.56 Å². The van der Waals surface area contributed by atoms with Gasteiger partial charge in [0.1, 0.15) is 5.75 Å². The maximum atomic E-state index is 12.1. The third-order valence-corrected chi connectivity index (χ3v) is 3.79. The lowest BCUT2D eigenvalue weighted by Gasteiger charge is -2.11. The Hall–Kier alpha value is -2.86. The summed E-state index contributed by atoms with van der Waals surface area (Å²) in [4.78, 5) is 35.7. The van der Waals surface area contributed by atoms with Crippen LogP contribution in [0.25, 0.3) is 0 Å². The molecule has 2 amide bonds. The van der Waals surface area contributed by atoms with Crippen LogP contribution in [0.5, 0.6) is 5.75 Å². The molecule has 0 atom stereocenters. The Kier molecular flexibility index (Phi) is 6.74. The summed E-state index contributed by atoms with van der Waals surface area (Å²) < 4.78 is 5.48. The number of nitrogens with one attached hydrogen (secondary N) is 2. The molecule has 0 unspecified atom stereocenters. The second-order valence-electron chi connectivity index (χ2n) is 5.41. The first-order valence-electron chi connectivity index (χ1n) is 8.02. The highest BCUT2D eigenvalue weighted by Crippen LogP contribution is 2.24. The van der Waals surface area contributed by atoms with Crippen molar-refractivity contribution in [1.29, 1.82) is 0 Å². The van der Waals surface area contributed by atoms with Crippen LogP contribution < -0.4 is 15.4 Å². The number of carbonyl (C=O) groups is 3. The number of Topliss-reactive ketones (excluding diaryl/α,β-unsaturated/α-hetero) is 1.